The van der Waals surface area contributed by atoms with Crippen LogP contribution in [0.25, 0.3) is 0 Å². The number of aromatic carboxylic acids is 1. The summed E-state index contributed by atoms with van der Waals surface area (Å²) in [6.45, 7) is 1.86. The van der Waals surface area contributed by atoms with Crippen molar-refractivity contribution in [2.75, 3.05) is 20.2 Å². The number of carboxylic acid groups (broad SMARTS) is 1. The van der Waals surface area contributed by atoms with Crippen molar-refractivity contribution in [2.24, 2.45) is 0 Å². The van der Waals surface area contributed by atoms with Gasteiger partial charge in [0.25, 0.3) is 0 Å². The molecule has 4 nitrogen and oxygen atoms in total. The van der Waals surface area contributed by atoms with Crippen LogP contribution in [0, 0.1) is 0 Å². The third-order valence-corrected chi connectivity index (χ3v) is 3.74. The molecule has 0 spiro atoms. The maximum Gasteiger partial charge on any atom is 0.335 e. The number of hydrogen-bond acceptors (Lipinski definition) is 3. The van der Waals surface area contributed by atoms with Crippen LogP contribution in [-0.4, -0.2) is 42.2 Å². The van der Waals surface area contributed by atoms with Crippen LogP contribution < -0.4 is 4.74 Å². The first-order valence-electron chi connectivity index (χ1n) is 6.83. The van der Waals surface area contributed by atoms with Crippen LogP contribution in [0.15, 0.2) is 24.3 Å². The van der Waals surface area contributed by atoms with Crippen molar-refractivity contribution in [2.45, 2.75) is 31.7 Å². The molecule has 19 heavy (non-hydrogen) atoms. The van der Waals surface area contributed by atoms with Gasteiger partial charge in [-0.3, -0.25) is 0 Å². The van der Waals surface area contributed by atoms with Gasteiger partial charge in [0.2, 0.25) is 0 Å². The van der Waals surface area contributed by atoms with Gasteiger partial charge in [-0.05, 0) is 57.1 Å². The molecule has 1 saturated heterocycles. The number of ether oxygens (including phenoxy) is 1. The topological polar surface area (TPSA) is 49.8 Å². The van der Waals surface area contributed by atoms with E-state index in [9.17, 15) is 4.79 Å². The summed E-state index contributed by atoms with van der Waals surface area (Å²) in [6, 6.07) is 7.20. The smallest absolute Gasteiger partial charge is 0.335 e. The van der Waals surface area contributed by atoms with Crippen LogP contribution >= 0.6 is 0 Å². The molecule has 1 aromatic rings. The van der Waals surface area contributed by atoms with E-state index in [1.807, 2.05) is 0 Å². The summed E-state index contributed by atoms with van der Waals surface area (Å²) in [4.78, 5) is 13.1. The Morgan fingerprint density at radius 1 is 1.37 bits per heavy atom. The van der Waals surface area contributed by atoms with Gasteiger partial charge < -0.3 is 14.7 Å². The van der Waals surface area contributed by atoms with Gasteiger partial charge in [0, 0.05) is 6.04 Å². The summed E-state index contributed by atoms with van der Waals surface area (Å²) in [5.74, 6) is -0.168. The molecule has 4 heteroatoms. The first-order chi connectivity index (χ1) is 9.16. The number of nitrogens with zero attached hydrogens (tertiary/aromatic N) is 1. The van der Waals surface area contributed by atoms with Crippen LogP contribution in [0.5, 0.6) is 5.75 Å². The van der Waals surface area contributed by atoms with Crippen molar-refractivity contribution in [3.8, 4) is 5.75 Å². The lowest BCUT2D eigenvalue weighted by Gasteiger charge is -2.32. The SMILES string of the molecule is CN1CCCCC1CCOc1ccc(C(=O)O)cc1. The fraction of sp³-hybridized carbons (Fsp3) is 0.533. The highest BCUT2D eigenvalue weighted by atomic mass is 16.5. The third kappa shape index (κ3) is 3.96. The Labute approximate surface area is 114 Å². The summed E-state index contributed by atoms with van der Waals surface area (Å²) in [5.41, 5.74) is 0.291. The Balaban J connectivity index is 1.77. The molecule has 1 N–H and O–H groups in total. The molecule has 1 aliphatic rings. The molecule has 1 atom stereocenters. The van der Waals surface area contributed by atoms with Gasteiger partial charge in [-0.1, -0.05) is 6.42 Å². The first-order valence-corrected chi connectivity index (χ1v) is 6.83. The molecular formula is C15H21NO3. The Bertz CT molecular complexity index is 416. The minimum absolute atomic E-state index is 0.291. The Morgan fingerprint density at radius 2 is 2.11 bits per heavy atom. The van der Waals surface area contributed by atoms with Crippen molar-refractivity contribution in [1.29, 1.82) is 0 Å². The normalized spacial score (nSPS) is 20.2. The van der Waals surface area contributed by atoms with Crippen molar-refractivity contribution < 1.29 is 14.6 Å². The van der Waals surface area contributed by atoms with E-state index in [2.05, 4.69) is 11.9 Å². The second-order valence-corrected chi connectivity index (χ2v) is 5.10. The minimum Gasteiger partial charge on any atom is -0.494 e. The quantitative estimate of drug-likeness (QED) is 0.887. The van der Waals surface area contributed by atoms with Crippen LogP contribution in [-0.2, 0) is 0 Å². The fourth-order valence-electron chi connectivity index (χ4n) is 2.52. The van der Waals surface area contributed by atoms with Crippen LogP contribution in [0.1, 0.15) is 36.0 Å². The maximum absolute atomic E-state index is 10.7. The van der Waals surface area contributed by atoms with E-state index in [0.29, 0.717) is 18.2 Å². The van der Waals surface area contributed by atoms with Gasteiger partial charge in [0.15, 0.2) is 0 Å². The summed E-state index contributed by atoms with van der Waals surface area (Å²) in [5, 5.41) is 8.80. The molecule has 0 radical (unpaired) electrons. The number of hydrogen-bond donors (Lipinski definition) is 1. The van der Waals surface area contributed by atoms with Crippen molar-refractivity contribution >= 4 is 5.97 Å². The predicted octanol–water partition coefficient (Wildman–Crippen LogP) is 2.64. The average Bonchev–Trinajstić information content (AvgIpc) is 2.41. The van der Waals surface area contributed by atoms with Gasteiger partial charge >= 0.3 is 5.97 Å². The van der Waals surface area contributed by atoms with Crippen molar-refractivity contribution in [3.63, 3.8) is 0 Å². The van der Waals surface area contributed by atoms with Gasteiger partial charge in [-0.15, -0.1) is 0 Å². The van der Waals surface area contributed by atoms with Gasteiger partial charge in [0.1, 0.15) is 5.75 Å². The lowest BCUT2D eigenvalue weighted by atomic mass is 10.0. The van der Waals surface area contributed by atoms with E-state index < -0.39 is 5.97 Å². The molecule has 0 amide bonds. The van der Waals surface area contributed by atoms with Crippen LogP contribution in [0.2, 0.25) is 0 Å². The molecule has 1 aliphatic heterocycles. The highest BCUT2D eigenvalue weighted by Gasteiger charge is 2.18. The number of rotatable bonds is 5. The largest absolute Gasteiger partial charge is 0.494 e. The Kier molecular flexibility index (Phi) is 4.80. The molecule has 1 heterocycles. The van der Waals surface area contributed by atoms with Crippen LogP contribution in [0.3, 0.4) is 0 Å². The van der Waals surface area contributed by atoms with Crippen LogP contribution in [0.4, 0.5) is 0 Å². The lowest BCUT2D eigenvalue weighted by molar-refractivity contribution is 0.0697. The summed E-state index contributed by atoms with van der Waals surface area (Å²) < 4.78 is 5.67. The summed E-state index contributed by atoms with van der Waals surface area (Å²) in [6.07, 6.45) is 4.88. The maximum atomic E-state index is 10.7. The zero-order valence-corrected chi connectivity index (χ0v) is 11.3. The van der Waals surface area contributed by atoms with E-state index in [-0.39, 0.29) is 0 Å². The van der Waals surface area contributed by atoms with Crippen molar-refractivity contribution in [1.82, 2.24) is 4.90 Å². The molecule has 1 fully saturated rings. The number of likely N-dealkylation sites (tertiary alicyclic amines) is 1. The highest BCUT2D eigenvalue weighted by molar-refractivity contribution is 5.87. The monoisotopic (exact) mass is 263 g/mol. The summed E-state index contributed by atoms with van der Waals surface area (Å²) >= 11 is 0. The van der Waals surface area contributed by atoms with E-state index in [1.165, 1.54) is 25.8 Å². The van der Waals surface area contributed by atoms with E-state index in [1.54, 1.807) is 24.3 Å². The number of carbonyl (C=O) groups is 1. The second-order valence-electron chi connectivity index (χ2n) is 5.10. The Morgan fingerprint density at radius 3 is 2.74 bits per heavy atom. The van der Waals surface area contributed by atoms with Gasteiger partial charge in [-0.2, -0.15) is 0 Å². The van der Waals surface area contributed by atoms with E-state index in [0.717, 1.165) is 12.2 Å². The zero-order valence-electron chi connectivity index (χ0n) is 11.3. The lowest BCUT2D eigenvalue weighted by Crippen LogP contribution is -2.37. The van der Waals surface area contributed by atoms with Gasteiger partial charge in [0.05, 0.1) is 12.2 Å². The third-order valence-electron chi connectivity index (χ3n) is 3.74. The molecule has 2 rings (SSSR count). The van der Waals surface area contributed by atoms with Crippen molar-refractivity contribution in [3.05, 3.63) is 29.8 Å². The molecule has 1 aromatic carbocycles. The predicted molar refractivity (Wildman–Crippen MR) is 73.8 cm³/mol. The minimum atomic E-state index is -0.907. The average molecular weight is 263 g/mol. The number of benzene rings is 1. The second kappa shape index (κ2) is 6.57. The molecular weight excluding hydrogens is 242 g/mol. The van der Waals surface area contributed by atoms with E-state index >= 15 is 0 Å². The highest BCUT2D eigenvalue weighted by Crippen LogP contribution is 2.19. The fourth-order valence-corrected chi connectivity index (χ4v) is 2.52. The molecule has 1 unspecified atom stereocenters. The zero-order chi connectivity index (χ0) is 13.7. The van der Waals surface area contributed by atoms with E-state index in [4.69, 9.17) is 9.84 Å². The number of carboxylic acids is 1. The molecule has 104 valence electrons. The molecule has 0 aliphatic carbocycles. The summed E-state index contributed by atoms with van der Waals surface area (Å²) in [7, 11) is 2.17. The molecule has 0 aromatic heterocycles. The van der Waals surface area contributed by atoms with Gasteiger partial charge in [-0.25, -0.2) is 4.79 Å². The Hall–Kier alpha value is -1.55. The standard InChI is InChI=1S/C15H21NO3/c1-16-10-3-2-4-13(16)9-11-19-14-7-5-12(6-8-14)15(17)18/h5-8,13H,2-4,9-11H2,1H3,(H,17,18). The molecule has 0 bridgehead atoms. The first kappa shape index (κ1) is 13.9. The number of piperidine rings is 1. The molecule has 0 saturated carbocycles.